The average Bonchev–Trinajstić information content (AvgIpc) is 1.88. The topological polar surface area (TPSA) is 0 Å². The van der Waals surface area contributed by atoms with Crippen LogP contribution >= 0.6 is 12.4 Å². The second kappa shape index (κ2) is 7.66. The molecular weight excluding hydrogens is 192 g/mol. The predicted octanol–water partition coefficient (Wildman–Crippen LogP) is 3.28. The van der Waals surface area contributed by atoms with Gasteiger partial charge in [-0.2, -0.15) is 35.9 Å². The van der Waals surface area contributed by atoms with E-state index in [1.54, 1.807) is 0 Å². The molecule has 0 saturated heterocycles. The monoisotopic (exact) mass is 208 g/mol. The Balaban J connectivity index is -0.000000333. The molecule has 0 N–H and O–H groups in total. The normalized spacial score (nSPS) is 8.85. The molecule has 0 nitrogen and oxygen atoms in total. The van der Waals surface area contributed by atoms with Crippen LogP contribution in [0.2, 0.25) is 0 Å². The summed E-state index contributed by atoms with van der Waals surface area (Å²) in [7, 11) is 0. The van der Waals surface area contributed by atoms with E-state index >= 15 is 0 Å². The fraction of sp³-hybridized carbons (Fsp3) is 0.364. The summed E-state index contributed by atoms with van der Waals surface area (Å²) in [5.74, 6) is 0. The van der Waals surface area contributed by atoms with Crippen molar-refractivity contribution in [1.82, 2.24) is 0 Å². The van der Waals surface area contributed by atoms with E-state index in [4.69, 9.17) is 0 Å². The van der Waals surface area contributed by atoms with Crippen LogP contribution < -0.4 is 0 Å². The van der Waals surface area contributed by atoms with Gasteiger partial charge >= 0.3 is 23.1 Å². The van der Waals surface area contributed by atoms with Gasteiger partial charge in [0.15, 0.2) is 0 Å². The molecule has 0 fully saturated rings. The third-order valence-electron chi connectivity index (χ3n) is 1.58. The van der Waals surface area contributed by atoms with Crippen LogP contribution in [0.1, 0.15) is 26.3 Å². The molecule has 1 aromatic rings. The van der Waals surface area contributed by atoms with E-state index in [9.17, 15) is 0 Å². The van der Waals surface area contributed by atoms with Gasteiger partial charge in [0.1, 0.15) is 0 Å². The van der Waals surface area contributed by atoms with Crippen molar-refractivity contribution in [3.8, 4) is 0 Å². The molecule has 0 bridgehead atoms. The maximum Gasteiger partial charge on any atom is 2.00 e. The van der Waals surface area contributed by atoms with Gasteiger partial charge in [0, 0.05) is 0 Å². The Kier molecular flexibility index (Phi) is 11.2. The average molecular weight is 209 g/mol. The molecule has 2 heteroatoms. The molecule has 0 saturated carbocycles. The summed E-state index contributed by atoms with van der Waals surface area (Å²) in [5.41, 5.74) is 1.64. The summed E-state index contributed by atoms with van der Waals surface area (Å²) in [5, 5.41) is 0. The summed E-state index contributed by atoms with van der Waals surface area (Å²) >= 11 is 0. The van der Waals surface area contributed by atoms with Gasteiger partial charge in [-0.25, -0.2) is 0 Å². The van der Waals surface area contributed by atoms with Gasteiger partial charge in [-0.15, -0.1) is 12.4 Å². The minimum atomic E-state index is 0. The van der Waals surface area contributed by atoms with Crippen LogP contribution in [0.15, 0.2) is 24.3 Å². The van der Waals surface area contributed by atoms with E-state index in [2.05, 4.69) is 39.0 Å². The Morgan fingerprint density at radius 3 is 1.69 bits per heavy atom. The molecular formula is C11H17ClMg. The van der Waals surface area contributed by atoms with Crippen LogP contribution in [0.5, 0.6) is 0 Å². The van der Waals surface area contributed by atoms with E-state index < -0.39 is 0 Å². The van der Waals surface area contributed by atoms with Crippen LogP contribution in [0, 0.1) is 13.5 Å². The zero-order chi connectivity index (χ0) is 7.61. The number of hydrogen-bond acceptors (Lipinski definition) is 0. The smallest absolute Gasteiger partial charge is 0.358 e. The summed E-state index contributed by atoms with van der Waals surface area (Å²) in [6.07, 6.45) is 0. The third kappa shape index (κ3) is 6.36. The molecule has 0 radical (unpaired) electrons. The van der Waals surface area contributed by atoms with Crippen molar-refractivity contribution in [1.29, 1.82) is 0 Å². The quantitative estimate of drug-likeness (QED) is 0.454. The van der Waals surface area contributed by atoms with Gasteiger partial charge in [0.25, 0.3) is 0 Å². The van der Waals surface area contributed by atoms with Crippen LogP contribution in [0.3, 0.4) is 0 Å². The fourth-order valence-electron chi connectivity index (χ4n) is 0.887. The van der Waals surface area contributed by atoms with Gasteiger partial charge in [0.05, 0.1) is 0 Å². The maximum absolute atomic E-state index is 3.00. The van der Waals surface area contributed by atoms with E-state index in [-0.39, 0.29) is 48.3 Å². The van der Waals surface area contributed by atoms with Gasteiger partial charge in [0.2, 0.25) is 0 Å². The molecule has 70 valence electrons. The minimum Gasteiger partial charge on any atom is -0.358 e. The Morgan fingerprint density at radius 2 is 1.46 bits per heavy atom. The van der Waals surface area contributed by atoms with Crippen molar-refractivity contribution in [2.45, 2.75) is 26.2 Å². The SMILES string of the molecule is CC(C)(C)c1cc[c-]cc1.Cl.[CH3-].[Mg+2]. The van der Waals surface area contributed by atoms with Gasteiger partial charge in [-0.05, 0) is 5.41 Å². The van der Waals surface area contributed by atoms with Crippen molar-refractivity contribution in [3.63, 3.8) is 0 Å². The first-order valence-electron chi connectivity index (χ1n) is 3.57. The number of halogens is 1. The van der Waals surface area contributed by atoms with Crippen LogP contribution in [-0.4, -0.2) is 23.1 Å². The molecule has 0 aromatic heterocycles. The Bertz CT molecular complexity index is 201. The van der Waals surface area contributed by atoms with Crippen LogP contribution in [0.25, 0.3) is 0 Å². The molecule has 1 rings (SSSR count). The van der Waals surface area contributed by atoms with Crippen LogP contribution in [-0.2, 0) is 5.41 Å². The molecule has 0 atom stereocenters. The summed E-state index contributed by atoms with van der Waals surface area (Å²) in [4.78, 5) is 0. The van der Waals surface area contributed by atoms with Crippen molar-refractivity contribution in [2.75, 3.05) is 0 Å². The van der Waals surface area contributed by atoms with E-state index in [1.807, 2.05) is 12.1 Å². The predicted molar refractivity (Wildman–Crippen MR) is 63.4 cm³/mol. The number of rotatable bonds is 0. The first-order chi connectivity index (χ1) is 4.61. The zero-order valence-corrected chi connectivity index (χ0v) is 11.2. The largest absolute Gasteiger partial charge is 2.00 e. The van der Waals surface area contributed by atoms with Crippen molar-refractivity contribution < 1.29 is 0 Å². The second-order valence-corrected chi connectivity index (χ2v) is 3.54. The van der Waals surface area contributed by atoms with Crippen molar-refractivity contribution in [2.24, 2.45) is 0 Å². The summed E-state index contributed by atoms with van der Waals surface area (Å²) in [6.45, 7) is 6.63. The molecule has 0 unspecified atom stereocenters. The van der Waals surface area contributed by atoms with Gasteiger partial charge in [-0.3, -0.25) is 0 Å². The molecule has 0 spiro atoms. The van der Waals surface area contributed by atoms with Crippen molar-refractivity contribution in [3.05, 3.63) is 43.3 Å². The molecule has 0 aliphatic rings. The Hall–Kier alpha value is 0.276. The standard InChI is InChI=1S/C10H13.CH3.ClH.Mg/c1-10(2,3)9-7-5-4-6-8-9;;;/h5-8H,1-3H3;1H3;1H;/q2*-1;;+2. The minimum absolute atomic E-state index is 0. The molecule has 13 heavy (non-hydrogen) atoms. The first kappa shape index (κ1) is 18.9. The Morgan fingerprint density at radius 1 is 1.08 bits per heavy atom. The van der Waals surface area contributed by atoms with Gasteiger partial charge in [-0.1, -0.05) is 20.8 Å². The van der Waals surface area contributed by atoms with E-state index in [0.717, 1.165) is 0 Å². The molecule has 0 amide bonds. The van der Waals surface area contributed by atoms with Gasteiger partial charge < -0.3 is 7.43 Å². The number of hydrogen-bond donors (Lipinski definition) is 0. The molecule has 1 aromatic carbocycles. The van der Waals surface area contributed by atoms with Crippen molar-refractivity contribution >= 4 is 35.5 Å². The second-order valence-electron chi connectivity index (χ2n) is 3.54. The summed E-state index contributed by atoms with van der Waals surface area (Å²) < 4.78 is 0. The zero-order valence-electron chi connectivity index (χ0n) is 8.92. The fourth-order valence-corrected chi connectivity index (χ4v) is 0.887. The van der Waals surface area contributed by atoms with E-state index in [0.29, 0.717) is 0 Å². The summed E-state index contributed by atoms with van der Waals surface area (Å²) in [6, 6.07) is 11.1. The molecule has 0 aliphatic carbocycles. The maximum atomic E-state index is 3.00. The Labute approximate surface area is 105 Å². The number of benzene rings is 1. The third-order valence-corrected chi connectivity index (χ3v) is 1.58. The molecule has 0 heterocycles. The first-order valence-corrected chi connectivity index (χ1v) is 3.57. The molecule has 0 aliphatic heterocycles. The van der Waals surface area contributed by atoms with Crippen LogP contribution in [0.4, 0.5) is 0 Å². The van der Waals surface area contributed by atoms with E-state index in [1.165, 1.54) is 5.56 Å².